The zero-order chi connectivity index (χ0) is 34.5. The summed E-state index contributed by atoms with van der Waals surface area (Å²) in [5, 5.41) is 0. The zero-order valence-corrected chi connectivity index (χ0v) is 31.3. The smallest absolute Gasteiger partial charge is 0.306 e. The van der Waals surface area contributed by atoms with Crippen molar-refractivity contribution >= 4 is 17.9 Å². The molecule has 0 saturated carbocycles. The van der Waals surface area contributed by atoms with Gasteiger partial charge in [-0.05, 0) is 44.9 Å². The minimum absolute atomic E-state index is 0.0757. The summed E-state index contributed by atoms with van der Waals surface area (Å²) in [6, 6.07) is 0. The number of carbonyl (C=O) groups is 3. The second-order valence-corrected chi connectivity index (χ2v) is 13.6. The standard InChI is InChI=1S/C41H76O6/c1-4-7-9-11-13-15-17-19-20-22-23-25-27-29-31-34-40(43)46-37-38(36-45-39(42)33-6-3)47-41(44)35-32-30-28-26-24-21-18-16-14-12-10-8-5-2/h19-20,38H,4-18,21-37H2,1-3H3/b20-19-/t38-/m1/s1. The van der Waals surface area contributed by atoms with E-state index in [1.165, 1.54) is 122 Å². The Morgan fingerprint density at radius 2 is 0.745 bits per heavy atom. The lowest BCUT2D eigenvalue weighted by Crippen LogP contribution is -2.30. The van der Waals surface area contributed by atoms with E-state index < -0.39 is 6.10 Å². The Labute approximate surface area is 290 Å². The maximum absolute atomic E-state index is 12.5. The van der Waals surface area contributed by atoms with Crippen LogP contribution in [0, 0.1) is 0 Å². The Bertz CT molecular complexity index is 733. The van der Waals surface area contributed by atoms with Crippen LogP contribution in [0.2, 0.25) is 0 Å². The lowest BCUT2D eigenvalue weighted by Gasteiger charge is -2.18. The van der Waals surface area contributed by atoms with E-state index in [1.54, 1.807) is 0 Å². The molecule has 0 N–H and O–H groups in total. The second-order valence-electron chi connectivity index (χ2n) is 13.6. The van der Waals surface area contributed by atoms with Crippen LogP contribution in [0.3, 0.4) is 0 Å². The fraction of sp³-hybridized carbons (Fsp3) is 0.878. The summed E-state index contributed by atoms with van der Waals surface area (Å²) in [4.78, 5) is 36.7. The molecule has 0 aliphatic heterocycles. The second kappa shape index (κ2) is 37.0. The topological polar surface area (TPSA) is 78.9 Å². The number of allylic oxidation sites excluding steroid dienone is 2. The van der Waals surface area contributed by atoms with Gasteiger partial charge in [-0.1, -0.05) is 161 Å². The Morgan fingerprint density at radius 3 is 1.15 bits per heavy atom. The molecule has 0 spiro atoms. The number of ether oxygens (including phenoxy) is 3. The molecule has 0 aromatic heterocycles. The molecule has 0 fully saturated rings. The van der Waals surface area contributed by atoms with Gasteiger partial charge < -0.3 is 14.2 Å². The molecule has 0 radical (unpaired) electrons. The lowest BCUT2D eigenvalue weighted by molar-refractivity contribution is -0.167. The first-order valence-corrected chi connectivity index (χ1v) is 20.2. The molecule has 0 unspecified atom stereocenters. The van der Waals surface area contributed by atoms with Gasteiger partial charge in [0.25, 0.3) is 0 Å². The monoisotopic (exact) mass is 665 g/mol. The van der Waals surface area contributed by atoms with Crippen molar-refractivity contribution in [3.8, 4) is 0 Å². The molecule has 0 aromatic rings. The molecule has 0 heterocycles. The van der Waals surface area contributed by atoms with Crippen LogP contribution in [0.1, 0.15) is 213 Å². The predicted molar refractivity (Wildman–Crippen MR) is 196 cm³/mol. The number of hydrogen-bond acceptors (Lipinski definition) is 6. The van der Waals surface area contributed by atoms with Crippen molar-refractivity contribution in [3.63, 3.8) is 0 Å². The number of rotatable bonds is 36. The van der Waals surface area contributed by atoms with Crippen LogP contribution in [0.4, 0.5) is 0 Å². The van der Waals surface area contributed by atoms with E-state index in [9.17, 15) is 14.4 Å². The molecule has 6 heteroatoms. The van der Waals surface area contributed by atoms with Crippen LogP contribution >= 0.6 is 0 Å². The predicted octanol–water partition coefficient (Wildman–Crippen LogP) is 12.3. The molecule has 0 saturated heterocycles. The van der Waals surface area contributed by atoms with Crippen LogP contribution in [0.15, 0.2) is 12.2 Å². The van der Waals surface area contributed by atoms with Gasteiger partial charge in [-0.25, -0.2) is 0 Å². The van der Waals surface area contributed by atoms with Gasteiger partial charge in [0.05, 0.1) is 0 Å². The highest BCUT2D eigenvalue weighted by Gasteiger charge is 2.19. The minimum atomic E-state index is -0.761. The van der Waals surface area contributed by atoms with Gasteiger partial charge >= 0.3 is 17.9 Å². The number of hydrogen-bond donors (Lipinski definition) is 0. The van der Waals surface area contributed by atoms with Crippen molar-refractivity contribution in [2.45, 2.75) is 219 Å². The Balaban J connectivity index is 4.01. The average molecular weight is 665 g/mol. The molecule has 6 nitrogen and oxygen atoms in total. The van der Waals surface area contributed by atoms with Crippen molar-refractivity contribution in [3.05, 3.63) is 12.2 Å². The summed E-state index contributed by atoms with van der Waals surface area (Å²) in [7, 11) is 0. The van der Waals surface area contributed by atoms with Gasteiger partial charge in [-0.2, -0.15) is 0 Å². The van der Waals surface area contributed by atoms with Crippen LogP contribution in [0.5, 0.6) is 0 Å². The highest BCUT2D eigenvalue weighted by Crippen LogP contribution is 2.14. The fourth-order valence-electron chi connectivity index (χ4n) is 5.71. The van der Waals surface area contributed by atoms with Crippen molar-refractivity contribution in [1.82, 2.24) is 0 Å². The third kappa shape index (κ3) is 35.3. The molecule has 0 aliphatic carbocycles. The van der Waals surface area contributed by atoms with Crippen molar-refractivity contribution in [2.24, 2.45) is 0 Å². The zero-order valence-electron chi connectivity index (χ0n) is 31.3. The van der Waals surface area contributed by atoms with Gasteiger partial charge in [0, 0.05) is 19.3 Å². The molecular formula is C41H76O6. The van der Waals surface area contributed by atoms with E-state index in [-0.39, 0.29) is 31.1 Å². The summed E-state index contributed by atoms with van der Waals surface area (Å²) in [6.07, 6.45) is 37.5. The largest absolute Gasteiger partial charge is 0.462 e. The average Bonchev–Trinajstić information content (AvgIpc) is 3.06. The number of carbonyl (C=O) groups excluding carboxylic acids is 3. The van der Waals surface area contributed by atoms with E-state index in [2.05, 4.69) is 26.0 Å². The molecular weight excluding hydrogens is 588 g/mol. The first-order valence-electron chi connectivity index (χ1n) is 20.2. The van der Waals surface area contributed by atoms with Gasteiger partial charge in [-0.3, -0.25) is 14.4 Å². The third-order valence-corrected chi connectivity index (χ3v) is 8.74. The Hall–Kier alpha value is -1.85. The summed E-state index contributed by atoms with van der Waals surface area (Å²) >= 11 is 0. The molecule has 0 amide bonds. The summed E-state index contributed by atoms with van der Waals surface area (Å²) in [5.41, 5.74) is 0. The number of esters is 3. The van der Waals surface area contributed by atoms with E-state index >= 15 is 0 Å². The quantitative estimate of drug-likeness (QED) is 0.0287. The molecule has 0 rings (SSSR count). The summed E-state index contributed by atoms with van der Waals surface area (Å²) in [5.74, 6) is -0.942. The van der Waals surface area contributed by atoms with Crippen LogP contribution in [0.25, 0.3) is 0 Å². The molecule has 1 atom stereocenters. The van der Waals surface area contributed by atoms with Crippen LogP contribution < -0.4 is 0 Å². The first-order chi connectivity index (χ1) is 23.0. The summed E-state index contributed by atoms with van der Waals surface area (Å²) in [6.45, 7) is 6.27. The highest BCUT2D eigenvalue weighted by molar-refractivity contribution is 5.71. The van der Waals surface area contributed by atoms with Crippen molar-refractivity contribution in [1.29, 1.82) is 0 Å². The molecule has 276 valence electrons. The van der Waals surface area contributed by atoms with Gasteiger partial charge in [0.2, 0.25) is 0 Å². The molecule has 47 heavy (non-hydrogen) atoms. The third-order valence-electron chi connectivity index (χ3n) is 8.74. The first kappa shape index (κ1) is 45.2. The summed E-state index contributed by atoms with van der Waals surface area (Å²) < 4.78 is 16.3. The van der Waals surface area contributed by atoms with E-state index in [4.69, 9.17) is 14.2 Å². The molecule has 0 aliphatic rings. The van der Waals surface area contributed by atoms with E-state index in [0.717, 1.165) is 44.9 Å². The maximum atomic E-state index is 12.5. The molecule has 0 aromatic carbocycles. The minimum Gasteiger partial charge on any atom is -0.462 e. The normalized spacial score (nSPS) is 12.0. The maximum Gasteiger partial charge on any atom is 0.306 e. The highest BCUT2D eigenvalue weighted by atomic mass is 16.6. The van der Waals surface area contributed by atoms with E-state index in [0.29, 0.717) is 25.7 Å². The van der Waals surface area contributed by atoms with Gasteiger partial charge in [-0.15, -0.1) is 0 Å². The lowest BCUT2D eigenvalue weighted by atomic mass is 10.0. The van der Waals surface area contributed by atoms with Gasteiger partial charge in [0.15, 0.2) is 6.10 Å². The van der Waals surface area contributed by atoms with Crippen LogP contribution in [-0.2, 0) is 28.6 Å². The van der Waals surface area contributed by atoms with Crippen LogP contribution in [-0.4, -0.2) is 37.2 Å². The van der Waals surface area contributed by atoms with Gasteiger partial charge in [0.1, 0.15) is 13.2 Å². The Morgan fingerprint density at radius 1 is 0.404 bits per heavy atom. The van der Waals surface area contributed by atoms with Crippen molar-refractivity contribution < 1.29 is 28.6 Å². The van der Waals surface area contributed by atoms with Crippen molar-refractivity contribution in [2.75, 3.05) is 13.2 Å². The fourth-order valence-corrected chi connectivity index (χ4v) is 5.71. The SMILES string of the molecule is CCCCCCCC/C=C\CCCCCCCC(=O)OC[C@@H](COC(=O)CCC)OC(=O)CCCCCCCCCCCCCCC. The van der Waals surface area contributed by atoms with E-state index in [1.807, 2.05) is 6.92 Å². The Kier molecular flexibility index (Phi) is 35.5. The molecule has 0 bridgehead atoms. The number of unbranched alkanes of at least 4 members (excludes halogenated alkanes) is 23.